The van der Waals surface area contributed by atoms with Crippen molar-refractivity contribution in [2.24, 2.45) is 0 Å². The molecule has 0 spiro atoms. The number of likely N-dealkylation sites (N-methyl/N-ethyl adjacent to an activating group) is 1. The van der Waals surface area contributed by atoms with Gasteiger partial charge in [0.25, 0.3) is 5.91 Å². The zero-order chi connectivity index (χ0) is 25.0. The van der Waals surface area contributed by atoms with Crippen LogP contribution in [0.1, 0.15) is 23.2 Å². The smallest absolute Gasteiger partial charge is 0.257 e. The first-order chi connectivity index (χ1) is 16.8. The van der Waals surface area contributed by atoms with Crippen LogP contribution in [0.25, 0.3) is 11.3 Å². The number of thiazole rings is 1. The van der Waals surface area contributed by atoms with Gasteiger partial charge in [0.1, 0.15) is 0 Å². The number of ether oxygens (including phenoxy) is 3. The normalized spacial score (nSPS) is 15.8. The molecule has 1 aliphatic rings. The highest BCUT2D eigenvalue weighted by atomic mass is 32.2. The topological polar surface area (TPSA) is 107 Å². The van der Waals surface area contributed by atoms with Crippen LogP contribution < -0.4 is 14.8 Å². The van der Waals surface area contributed by atoms with Crippen LogP contribution in [0, 0.1) is 0 Å². The molecule has 2 aromatic carbocycles. The van der Waals surface area contributed by atoms with Gasteiger partial charge in [-0.05, 0) is 55.3 Å². The molecule has 0 aliphatic carbocycles. The minimum absolute atomic E-state index is 0.0815. The van der Waals surface area contributed by atoms with Crippen molar-refractivity contribution >= 4 is 32.4 Å². The lowest BCUT2D eigenvalue weighted by molar-refractivity contribution is 0.0979. The molecule has 1 aromatic heterocycles. The summed E-state index contributed by atoms with van der Waals surface area (Å²) in [4.78, 5) is 17.3. The average Bonchev–Trinajstić information content (AvgIpc) is 3.56. The van der Waals surface area contributed by atoms with Gasteiger partial charge < -0.3 is 14.2 Å². The Kier molecular flexibility index (Phi) is 7.70. The highest BCUT2D eigenvalue weighted by molar-refractivity contribution is 7.89. The van der Waals surface area contributed by atoms with Crippen molar-refractivity contribution < 1.29 is 27.4 Å². The van der Waals surface area contributed by atoms with E-state index in [9.17, 15) is 13.2 Å². The highest BCUT2D eigenvalue weighted by Crippen LogP contribution is 2.33. The Hall–Kier alpha value is -2.99. The molecule has 0 saturated carbocycles. The van der Waals surface area contributed by atoms with E-state index in [2.05, 4.69) is 10.3 Å². The van der Waals surface area contributed by atoms with Crippen LogP contribution in [0.4, 0.5) is 5.13 Å². The first kappa shape index (κ1) is 25.1. The SMILES string of the molecule is COc1ccc(-c2csc(NC(=O)c3ccc(S(=O)(=O)N(C)CC4CCCO4)cc3)n2)cc1OC. The number of rotatable bonds is 9. The minimum Gasteiger partial charge on any atom is -0.493 e. The van der Waals surface area contributed by atoms with Crippen molar-refractivity contribution in [3.63, 3.8) is 0 Å². The molecule has 0 bridgehead atoms. The van der Waals surface area contributed by atoms with Crippen LogP contribution in [0.2, 0.25) is 0 Å². The second-order valence-electron chi connectivity index (χ2n) is 8.01. The van der Waals surface area contributed by atoms with Crippen molar-refractivity contribution in [1.29, 1.82) is 0 Å². The van der Waals surface area contributed by atoms with E-state index in [1.807, 2.05) is 17.5 Å². The molecule has 0 radical (unpaired) electrons. The standard InChI is InChI=1S/C24H27N3O6S2/c1-27(14-18-5-4-12-33-18)35(29,30)19-9-6-16(7-10-19)23(28)26-24-25-20(15-34-24)17-8-11-21(31-2)22(13-17)32-3/h6-11,13,15,18H,4-5,12,14H2,1-3H3,(H,25,26,28). The first-order valence-corrected chi connectivity index (χ1v) is 13.3. The summed E-state index contributed by atoms with van der Waals surface area (Å²) in [5, 5.41) is 5.02. The van der Waals surface area contributed by atoms with E-state index < -0.39 is 10.0 Å². The molecule has 1 fully saturated rings. The zero-order valence-corrected chi connectivity index (χ0v) is 21.3. The lowest BCUT2D eigenvalue weighted by Gasteiger charge is -2.20. The fourth-order valence-corrected chi connectivity index (χ4v) is 5.68. The Morgan fingerprint density at radius 1 is 1.17 bits per heavy atom. The van der Waals surface area contributed by atoms with Gasteiger partial charge >= 0.3 is 0 Å². The predicted molar refractivity (Wildman–Crippen MR) is 134 cm³/mol. The largest absolute Gasteiger partial charge is 0.493 e. The third-order valence-electron chi connectivity index (χ3n) is 5.71. The molecule has 11 heteroatoms. The lowest BCUT2D eigenvalue weighted by atomic mass is 10.1. The van der Waals surface area contributed by atoms with Crippen LogP contribution in [0.15, 0.2) is 52.7 Å². The Bertz CT molecular complexity index is 1280. The maximum atomic E-state index is 12.9. The Morgan fingerprint density at radius 2 is 1.91 bits per heavy atom. The third-order valence-corrected chi connectivity index (χ3v) is 8.31. The number of hydrogen-bond acceptors (Lipinski definition) is 8. The molecule has 1 atom stereocenters. The number of amides is 1. The van der Waals surface area contributed by atoms with Crippen molar-refractivity contribution in [3.05, 3.63) is 53.4 Å². The molecule has 35 heavy (non-hydrogen) atoms. The number of hydrogen-bond donors (Lipinski definition) is 1. The highest BCUT2D eigenvalue weighted by Gasteiger charge is 2.26. The van der Waals surface area contributed by atoms with Gasteiger partial charge in [-0.3, -0.25) is 10.1 Å². The van der Waals surface area contributed by atoms with Crippen LogP contribution in [-0.4, -0.2) is 64.1 Å². The fourth-order valence-electron chi connectivity index (χ4n) is 3.76. The fraction of sp³-hybridized carbons (Fsp3) is 0.333. The van der Waals surface area contributed by atoms with Crippen molar-refractivity contribution in [2.75, 3.05) is 39.7 Å². The van der Waals surface area contributed by atoms with Crippen molar-refractivity contribution in [2.45, 2.75) is 23.8 Å². The Morgan fingerprint density at radius 3 is 2.57 bits per heavy atom. The molecular formula is C24H27N3O6S2. The summed E-state index contributed by atoms with van der Waals surface area (Å²) >= 11 is 1.29. The molecule has 1 N–H and O–H groups in total. The Labute approximate surface area is 208 Å². The molecule has 3 aromatic rings. The summed E-state index contributed by atoms with van der Waals surface area (Å²) in [6.07, 6.45) is 1.71. The van der Waals surface area contributed by atoms with Gasteiger partial charge in [0, 0.05) is 36.7 Å². The number of anilines is 1. The summed E-state index contributed by atoms with van der Waals surface area (Å²) in [7, 11) is 0.996. The summed E-state index contributed by atoms with van der Waals surface area (Å²) in [5.74, 6) is 0.818. The number of carbonyl (C=O) groups is 1. The molecule has 1 aliphatic heterocycles. The number of methoxy groups -OCH3 is 2. The summed E-state index contributed by atoms with van der Waals surface area (Å²) in [6.45, 7) is 0.967. The Balaban J connectivity index is 1.42. The molecule has 1 amide bonds. The second-order valence-corrected chi connectivity index (χ2v) is 10.9. The number of aromatic nitrogens is 1. The van der Waals surface area contributed by atoms with Crippen LogP contribution in [-0.2, 0) is 14.8 Å². The molecule has 4 rings (SSSR count). The monoisotopic (exact) mass is 517 g/mol. The van der Waals surface area contributed by atoms with E-state index in [4.69, 9.17) is 14.2 Å². The van der Waals surface area contributed by atoms with Gasteiger partial charge in [-0.2, -0.15) is 4.31 Å². The predicted octanol–water partition coefficient (Wildman–Crippen LogP) is 3.88. The minimum atomic E-state index is -3.67. The van der Waals surface area contributed by atoms with Gasteiger partial charge in [-0.15, -0.1) is 11.3 Å². The molecule has 2 heterocycles. The molecule has 1 saturated heterocycles. The summed E-state index contributed by atoms with van der Waals surface area (Å²) in [6, 6.07) is 11.3. The van der Waals surface area contributed by atoms with Gasteiger partial charge in [0.05, 0.1) is 30.9 Å². The average molecular weight is 518 g/mol. The molecule has 186 valence electrons. The quantitative estimate of drug-likeness (QED) is 0.459. The maximum Gasteiger partial charge on any atom is 0.257 e. The summed E-state index contributed by atoms with van der Waals surface area (Å²) < 4.78 is 43.2. The zero-order valence-electron chi connectivity index (χ0n) is 19.7. The maximum absolute atomic E-state index is 12.9. The van der Waals surface area contributed by atoms with E-state index in [1.54, 1.807) is 20.3 Å². The number of carbonyl (C=O) groups excluding carboxylic acids is 1. The van der Waals surface area contributed by atoms with Crippen LogP contribution >= 0.6 is 11.3 Å². The van der Waals surface area contributed by atoms with Gasteiger partial charge in [-0.1, -0.05) is 0 Å². The van der Waals surface area contributed by atoms with E-state index in [0.717, 1.165) is 18.4 Å². The summed E-state index contributed by atoms with van der Waals surface area (Å²) in [5.41, 5.74) is 1.83. The van der Waals surface area contributed by atoms with E-state index >= 15 is 0 Å². The van der Waals surface area contributed by atoms with E-state index in [0.29, 0.717) is 41.0 Å². The van der Waals surface area contributed by atoms with Crippen LogP contribution in [0.3, 0.4) is 0 Å². The van der Waals surface area contributed by atoms with E-state index in [-0.39, 0.29) is 16.9 Å². The van der Waals surface area contributed by atoms with Gasteiger partial charge in [0.2, 0.25) is 10.0 Å². The second kappa shape index (κ2) is 10.7. The molecule has 9 nitrogen and oxygen atoms in total. The number of sulfonamides is 1. The van der Waals surface area contributed by atoms with Crippen LogP contribution in [0.5, 0.6) is 11.5 Å². The number of benzene rings is 2. The molecular weight excluding hydrogens is 490 g/mol. The van der Waals surface area contributed by atoms with Gasteiger partial charge in [0.15, 0.2) is 16.6 Å². The number of nitrogens with one attached hydrogen (secondary N) is 1. The third kappa shape index (κ3) is 5.64. The molecule has 1 unspecified atom stereocenters. The van der Waals surface area contributed by atoms with Crippen molar-refractivity contribution in [1.82, 2.24) is 9.29 Å². The number of nitrogens with zero attached hydrogens (tertiary/aromatic N) is 2. The lowest BCUT2D eigenvalue weighted by Crippen LogP contribution is -2.34. The van der Waals surface area contributed by atoms with Gasteiger partial charge in [-0.25, -0.2) is 13.4 Å². The van der Waals surface area contributed by atoms with Crippen molar-refractivity contribution in [3.8, 4) is 22.8 Å². The van der Waals surface area contributed by atoms with E-state index in [1.165, 1.54) is 47.0 Å². The first-order valence-electron chi connectivity index (χ1n) is 11.0.